The number of pyridine rings is 1. The number of benzene rings is 2. The summed E-state index contributed by atoms with van der Waals surface area (Å²) in [5.74, 6) is 0.836. The second-order valence-electron chi connectivity index (χ2n) is 14.0. The number of piperazine rings is 1. The number of alkyl halides is 3. The Balaban J connectivity index is 1.43. The first-order valence-electron chi connectivity index (χ1n) is 16.3. The van der Waals surface area contributed by atoms with E-state index in [1.54, 1.807) is 13.0 Å². The summed E-state index contributed by atoms with van der Waals surface area (Å²) < 4.78 is 48.0. The minimum absolute atomic E-state index is 0.0712. The summed E-state index contributed by atoms with van der Waals surface area (Å²) in [6.45, 7) is 18.1. The molecule has 3 aromatic rings. The molecule has 1 aromatic heterocycles. The van der Waals surface area contributed by atoms with Gasteiger partial charge in [-0.25, -0.2) is 0 Å². The fourth-order valence-electron chi connectivity index (χ4n) is 6.73. The highest BCUT2D eigenvalue weighted by atomic mass is 35.5. The van der Waals surface area contributed by atoms with E-state index < -0.39 is 20.8 Å². The van der Waals surface area contributed by atoms with Crippen LogP contribution in [0.3, 0.4) is 0 Å². The Hall–Kier alpha value is -2.50. The van der Waals surface area contributed by atoms with Crippen LogP contribution in [0.5, 0.6) is 5.75 Å². The Bertz CT molecular complexity index is 1600. The first-order valence-corrected chi connectivity index (χ1v) is 19.5. The van der Waals surface area contributed by atoms with Gasteiger partial charge in [0.25, 0.3) is 9.04 Å². The predicted molar refractivity (Wildman–Crippen MR) is 190 cm³/mol. The fourth-order valence-corrected chi connectivity index (χ4v) is 8.17. The van der Waals surface area contributed by atoms with E-state index in [0.717, 1.165) is 62.6 Å². The molecule has 0 spiro atoms. The summed E-state index contributed by atoms with van der Waals surface area (Å²) in [6.07, 6.45) is -1.01. The molecule has 11 heteroatoms. The zero-order chi connectivity index (χ0) is 34.1. The van der Waals surface area contributed by atoms with Gasteiger partial charge in [0, 0.05) is 86.3 Å². The maximum absolute atomic E-state index is 13.8. The van der Waals surface area contributed by atoms with Crippen LogP contribution in [0.2, 0.25) is 18.1 Å². The summed E-state index contributed by atoms with van der Waals surface area (Å²) in [5, 5.41) is 0.676. The third-order valence-corrected chi connectivity index (χ3v) is 10.4. The van der Waals surface area contributed by atoms with Crippen LogP contribution in [-0.2, 0) is 31.0 Å². The number of thiocarbonyl (C=S) groups is 1. The first-order chi connectivity index (χ1) is 22.1. The van der Waals surface area contributed by atoms with E-state index in [1.807, 2.05) is 24.4 Å². The van der Waals surface area contributed by atoms with Gasteiger partial charge in [0.2, 0.25) is 0 Å². The van der Waals surface area contributed by atoms with Crippen molar-refractivity contribution in [1.29, 1.82) is 0 Å². The van der Waals surface area contributed by atoms with Crippen LogP contribution in [0.25, 0.3) is 0 Å². The number of halogens is 4. The first kappa shape index (κ1) is 35.8. The number of aromatic nitrogens is 1. The molecule has 0 unspecified atom stereocenters. The summed E-state index contributed by atoms with van der Waals surface area (Å²) >= 11 is 12.8. The van der Waals surface area contributed by atoms with E-state index in [9.17, 15) is 13.2 Å². The average molecular weight is 702 g/mol. The lowest BCUT2D eigenvalue weighted by molar-refractivity contribution is -0.137. The van der Waals surface area contributed by atoms with Crippen molar-refractivity contribution < 1.29 is 17.6 Å². The van der Waals surface area contributed by atoms with Gasteiger partial charge in [-0.3, -0.25) is 14.8 Å². The number of rotatable bonds is 8. The van der Waals surface area contributed by atoms with E-state index in [0.29, 0.717) is 34.1 Å². The Morgan fingerprint density at radius 2 is 1.79 bits per heavy atom. The SMILES string of the molecule is Cc1cc(C(=S)N2CCN(CCN3CCc4ncccc4C3)C[C@H]2Cc2ccc(Cl)c(C(C)(C)C)c2O[Si](C)C)cc(C(F)(F)F)c1. The molecule has 0 N–H and O–H groups in total. The van der Waals surface area contributed by atoms with E-state index in [4.69, 9.17) is 28.2 Å². The molecule has 5 nitrogen and oxygen atoms in total. The smallest absolute Gasteiger partial charge is 0.416 e. The quantitative estimate of drug-likeness (QED) is 0.175. The standard InChI is InChI=1S/C36H45ClF3N4OSSi/c1-24-18-27(20-28(19-24)36(38,39)40)34(46)44-17-16-43(15-14-42-13-11-31-26(22-42)8-7-12-41-31)23-29(44)21-25-9-10-30(37)32(35(2,3)4)33(25)45-47(5)6/h7-10,12,18-20,29H,11,13-17,21-23H2,1-6H3/t29-/m1/s1. The molecular weight excluding hydrogens is 657 g/mol. The van der Waals surface area contributed by atoms with Crippen LogP contribution in [0, 0.1) is 6.92 Å². The van der Waals surface area contributed by atoms with Crippen LogP contribution < -0.4 is 4.43 Å². The molecule has 253 valence electrons. The summed E-state index contributed by atoms with van der Waals surface area (Å²) in [7, 11) is -1.12. The van der Waals surface area contributed by atoms with Crippen LogP contribution >= 0.6 is 23.8 Å². The molecule has 0 bridgehead atoms. The molecule has 1 radical (unpaired) electrons. The zero-order valence-corrected chi connectivity index (χ0v) is 30.7. The minimum Gasteiger partial charge on any atom is -0.542 e. The number of aryl methyl sites for hydroxylation is 1. The van der Waals surface area contributed by atoms with Gasteiger partial charge in [0.1, 0.15) is 10.7 Å². The van der Waals surface area contributed by atoms with Gasteiger partial charge in [0.05, 0.1) is 5.56 Å². The second kappa shape index (κ2) is 14.5. The van der Waals surface area contributed by atoms with Gasteiger partial charge in [0.15, 0.2) is 0 Å². The molecule has 0 aliphatic carbocycles. The van der Waals surface area contributed by atoms with Gasteiger partial charge >= 0.3 is 6.18 Å². The highest BCUT2D eigenvalue weighted by molar-refractivity contribution is 7.80. The summed E-state index contributed by atoms with van der Waals surface area (Å²) in [6, 6.07) is 12.2. The lowest BCUT2D eigenvalue weighted by atomic mass is 9.84. The zero-order valence-electron chi connectivity index (χ0n) is 28.2. The topological polar surface area (TPSA) is 31.8 Å². The number of fused-ring (bicyclic) bond motifs is 1. The van der Waals surface area contributed by atoms with Crippen molar-refractivity contribution >= 4 is 37.8 Å². The monoisotopic (exact) mass is 701 g/mol. The molecule has 1 atom stereocenters. The molecule has 0 amide bonds. The van der Waals surface area contributed by atoms with Gasteiger partial charge in [-0.05, 0) is 78.9 Å². The van der Waals surface area contributed by atoms with Crippen molar-refractivity contribution in [2.24, 2.45) is 0 Å². The van der Waals surface area contributed by atoms with Gasteiger partial charge in [-0.2, -0.15) is 13.2 Å². The number of hydrogen-bond donors (Lipinski definition) is 0. The summed E-state index contributed by atoms with van der Waals surface area (Å²) in [4.78, 5) is 12.1. The van der Waals surface area contributed by atoms with Crippen molar-refractivity contribution in [3.63, 3.8) is 0 Å². The third-order valence-electron chi connectivity index (χ3n) is 8.96. The molecule has 1 saturated heterocycles. The predicted octanol–water partition coefficient (Wildman–Crippen LogP) is 7.95. The van der Waals surface area contributed by atoms with Crippen molar-refractivity contribution in [3.05, 3.63) is 92.8 Å². The number of nitrogens with zero attached hydrogens (tertiary/aromatic N) is 4. The maximum atomic E-state index is 13.8. The largest absolute Gasteiger partial charge is 0.542 e. The molecule has 47 heavy (non-hydrogen) atoms. The average Bonchev–Trinajstić information content (AvgIpc) is 2.99. The lowest BCUT2D eigenvalue weighted by Crippen LogP contribution is -2.56. The summed E-state index contributed by atoms with van der Waals surface area (Å²) in [5.41, 5.74) is 4.56. The van der Waals surface area contributed by atoms with Crippen LogP contribution in [0.4, 0.5) is 13.2 Å². The van der Waals surface area contributed by atoms with Gasteiger partial charge < -0.3 is 9.33 Å². The molecule has 5 rings (SSSR count). The van der Waals surface area contributed by atoms with Gasteiger partial charge in [-0.15, -0.1) is 0 Å². The molecule has 3 heterocycles. The van der Waals surface area contributed by atoms with E-state index in [-0.39, 0.29) is 11.5 Å². The number of hydrogen-bond acceptors (Lipinski definition) is 5. The van der Waals surface area contributed by atoms with Gasteiger partial charge in [-0.1, -0.05) is 56.7 Å². The molecule has 1 fully saturated rings. The third kappa shape index (κ3) is 8.75. The molecular formula is C36H45ClF3N4OSSi. The Labute approximate surface area is 289 Å². The normalized spacial score (nSPS) is 18.0. The Morgan fingerprint density at radius 3 is 2.49 bits per heavy atom. The maximum Gasteiger partial charge on any atom is 0.416 e. The fraction of sp³-hybridized carbons (Fsp3) is 0.500. The molecule has 2 aromatic carbocycles. The van der Waals surface area contributed by atoms with Crippen LogP contribution in [0.15, 0.2) is 48.7 Å². The van der Waals surface area contributed by atoms with E-state index >= 15 is 0 Å². The molecule has 2 aliphatic rings. The Kier molecular flexibility index (Phi) is 11.1. The lowest BCUT2D eigenvalue weighted by Gasteiger charge is -2.44. The Morgan fingerprint density at radius 1 is 1.04 bits per heavy atom. The van der Waals surface area contributed by atoms with Crippen LogP contribution in [-0.4, -0.2) is 79.0 Å². The van der Waals surface area contributed by atoms with E-state index in [2.05, 4.69) is 59.6 Å². The van der Waals surface area contributed by atoms with Crippen molar-refractivity contribution in [2.75, 3.05) is 39.3 Å². The molecule has 0 saturated carbocycles. The second-order valence-corrected chi connectivity index (χ2v) is 16.9. The van der Waals surface area contributed by atoms with E-state index in [1.165, 1.54) is 23.4 Å². The highest BCUT2D eigenvalue weighted by Gasteiger charge is 2.35. The van der Waals surface area contributed by atoms with Crippen molar-refractivity contribution in [1.82, 2.24) is 19.7 Å². The highest BCUT2D eigenvalue weighted by Crippen LogP contribution is 2.41. The van der Waals surface area contributed by atoms with Crippen molar-refractivity contribution in [2.45, 2.75) is 77.8 Å². The van der Waals surface area contributed by atoms with Crippen molar-refractivity contribution in [3.8, 4) is 5.75 Å². The minimum atomic E-state index is -4.45. The van der Waals surface area contributed by atoms with Crippen LogP contribution in [0.1, 0.15) is 59.8 Å². The molecule has 2 aliphatic heterocycles.